The molecule has 1 heterocycles. The third kappa shape index (κ3) is 3.83. The van der Waals surface area contributed by atoms with Crippen LogP contribution < -0.4 is 10.5 Å². The lowest BCUT2D eigenvalue weighted by atomic mass is 9.92. The number of nitrogens with zero attached hydrogens (tertiary/aromatic N) is 1. The van der Waals surface area contributed by atoms with Crippen molar-refractivity contribution in [3.8, 4) is 0 Å². The van der Waals surface area contributed by atoms with Crippen LogP contribution in [0.15, 0.2) is 23.4 Å². The monoisotopic (exact) mass is 273 g/mol. The van der Waals surface area contributed by atoms with Crippen molar-refractivity contribution in [1.29, 1.82) is 0 Å². The first-order valence-electron chi connectivity index (χ1n) is 6.04. The van der Waals surface area contributed by atoms with Crippen LogP contribution >= 0.6 is 0 Å². The Kier molecular flexibility index (Phi) is 4.58. The van der Waals surface area contributed by atoms with Crippen LogP contribution in [0.1, 0.15) is 27.2 Å². The predicted octanol–water partition coefficient (Wildman–Crippen LogP) is 1.07. The highest BCUT2D eigenvalue weighted by Crippen LogP contribution is 2.19. The van der Waals surface area contributed by atoms with E-state index in [4.69, 9.17) is 5.73 Å². The summed E-state index contributed by atoms with van der Waals surface area (Å²) in [5.74, 6) is 0.372. The molecule has 104 valence electrons. The zero-order valence-corrected chi connectivity index (χ0v) is 12.3. The minimum absolute atomic E-state index is 0.272. The minimum Gasteiger partial charge on any atom is -0.356 e. The number of hydrogen-bond donors (Lipinski definition) is 2. The Balaban J connectivity index is 2.94. The van der Waals surface area contributed by atoms with Crippen molar-refractivity contribution in [3.63, 3.8) is 0 Å². The summed E-state index contributed by atoms with van der Waals surface area (Å²) in [5.41, 5.74) is 5.11. The van der Waals surface area contributed by atoms with Gasteiger partial charge in [-0.1, -0.05) is 13.8 Å². The summed E-state index contributed by atoms with van der Waals surface area (Å²) in [6.07, 6.45) is 3.99. The number of aryl methyl sites for hydroxylation is 1. The normalized spacial score (nSPS) is 15.9. The molecular weight excluding hydrogens is 250 g/mol. The van der Waals surface area contributed by atoms with E-state index < -0.39 is 15.6 Å². The van der Waals surface area contributed by atoms with Crippen LogP contribution in [0.4, 0.5) is 0 Å². The Morgan fingerprint density at radius 2 is 2.11 bits per heavy atom. The van der Waals surface area contributed by atoms with Crippen molar-refractivity contribution in [3.05, 3.63) is 18.5 Å². The fourth-order valence-corrected chi connectivity index (χ4v) is 3.57. The third-order valence-corrected chi connectivity index (χ3v) is 4.43. The molecule has 18 heavy (non-hydrogen) atoms. The fraction of sp³-hybridized carbons (Fsp3) is 0.667. The molecule has 1 aromatic heterocycles. The molecule has 6 heteroatoms. The van der Waals surface area contributed by atoms with Crippen LogP contribution in [0.3, 0.4) is 0 Å². The van der Waals surface area contributed by atoms with Crippen LogP contribution in [-0.2, 0) is 17.1 Å². The summed E-state index contributed by atoms with van der Waals surface area (Å²) in [6.45, 7) is 6.21. The van der Waals surface area contributed by atoms with Gasteiger partial charge >= 0.3 is 0 Å². The predicted molar refractivity (Wildman–Crippen MR) is 72.6 cm³/mol. The highest BCUT2D eigenvalue weighted by molar-refractivity contribution is 7.89. The van der Waals surface area contributed by atoms with Gasteiger partial charge in [0.1, 0.15) is 0 Å². The molecule has 0 spiro atoms. The lowest BCUT2D eigenvalue weighted by molar-refractivity contribution is 0.344. The molecule has 3 N–H and O–H groups in total. The number of nitrogens with one attached hydrogen (secondary N) is 1. The molecule has 0 radical (unpaired) electrons. The lowest BCUT2D eigenvalue weighted by Gasteiger charge is -2.30. The van der Waals surface area contributed by atoms with Gasteiger partial charge in [-0.05, 0) is 25.3 Å². The molecule has 0 amide bonds. The molecule has 0 aromatic carbocycles. The second kappa shape index (κ2) is 5.42. The molecule has 0 fully saturated rings. The quantitative estimate of drug-likeness (QED) is 0.814. The first-order chi connectivity index (χ1) is 8.18. The average Bonchev–Trinajstić information content (AvgIpc) is 2.63. The van der Waals surface area contributed by atoms with E-state index in [-0.39, 0.29) is 11.4 Å². The Morgan fingerprint density at radius 1 is 1.50 bits per heavy atom. The van der Waals surface area contributed by atoms with Crippen molar-refractivity contribution >= 4 is 10.0 Å². The summed E-state index contributed by atoms with van der Waals surface area (Å²) in [4.78, 5) is 0.272. The summed E-state index contributed by atoms with van der Waals surface area (Å²) in [7, 11) is -1.72. The smallest absolute Gasteiger partial charge is 0.242 e. The number of aromatic nitrogens is 1. The standard InChI is InChI=1S/C12H23N3O2S/c1-10(2)7-12(3,9-13)14-18(16,17)11-5-6-15(4)8-11/h5-6,8,10,14H,7,9,13H2,1-4H3. The second-order valence-electron chi connectivity index (χ2n) is 5.48. The molecule has 0 aliphatic rings. The maximum Gasteiger partial charge on any atom is 0.242 e. The first-order valence-corrected chi connectivity index (χ1v) is 7.53. The van der Waals surface area contributed by atoms with Gasteiger partial charge in [-0.25, -0.2) is 13.1 Å². The average molecular weight is 273 g/mol. The lowest BCUT2D eigenvalue weighted by Crippen LogP contribution is -2.51. The molecule has 0 bridgehead atoms. The van der Waals surface area contributed by atoms with Crippen LogP contribution in [0.25, 0.3) is 0 Å². The largest absolute Gasteiger partial charge is 0.356 e. The van der Waals surface area contributed by atoms with E-state index >= 15 is 0 Å². The van der Waals surface area contributed by atoms with E-state index in [1.165, 1.54) is 0 Å². The van der Waals surface area contributed by atoms with Crippen molar-refractivity contribution in [1.82, 2.24) is 9.29 Å². The van der Waals surface area contributed by atoms with E-state index in [1.807, 2.05) is 20.8 Å². The Bertz CT molecular complexity index is 493. The summed E-state index contributed by atoms with van der Waals surface area (Å²) < 4.78 is 28.9. The van der Waals surface area contributed by atoms with Gasteiger partial charge in [-0.3, -0.25) is 0 Å². The van der Waals surface area contributed by atoms with Gasteiger partial charge < -0.3 is 10.3 Å². The van der Waals surface area contributed by atoms with Crippen molar-refractivity contribution in [2.24, 2.45) is 18.7 Å². The van der Waals surface area contributed by atoms with E-state index in [0.29, 0.717) is 12.3 Å². The number of hydrogen-bond acceptors (Lipinski definition) is 3. The van der Waals surface area contributed by atoms with E-state index in [0.717, 1.165) is 0 Å². The Morgan fingerprint density at radius 3 is 2.50 bits per heavy atom. The maximum absolute atomic E-state index is 12.2. The van der Waals surface area contributed by atoms with Crippen molar-refractivity contribution in [2.75, 3.05) is 6.54 Å². The minimum atomic E-state index is -3.51. The van der Waals surface area contributed by atoms with Crippen LogP contribution in [0, 0.1) is 5.92 Å². The molecule has 5 nitrogen and oxygen atoms in total. The molecular formula is C12H23N3O2S. The molecule has 1 unspecified atom stereocenters. The Labute approximate surface area is 109 Å². The van der Waals surface area contributed by atoms with Crippen LogP contribution in [-0.4, -0.2) is 25.1 Å². The SMILES string of the molecule is CC(C)CC(C)(CN)NS(=O)(=O)c1ccn(C)c1. The number of nitrogens with two attached hydrogens (primary N) is 1. The van der Waals surface area contributed by atoms with Gasteiger partial charge in [0.2, 0.25) is 10.0 Å². The fourth-order valence-electron chi connectivity index (χ4n) is 2.09. The van der Waals surface area contributed by atoms with Gasteiger partial charge in [0.05, 0.1) is 4.90 Å². The van der Waals surface area contributed by atoms with Crippen molar-refractivity contribution < 1.29 is 8.42 Å². The van der Waals surface area contributed by atoms with E-state index in [9.17, 15) is 8.42 Å². The zero-order chi connectivity index (χ0) is 14.0. The van der Waals surface area contributed by atoms with Gasteiger partial charge in [-0.15, -0.1) is 0 Å². The summed E-state index contributed by atoms with van der Waals surface area (Å²) in [6, 6.07) is 1.58. The van der Waals surface area contributed by atoms with Crippen LogP contribution in [0.2, 0.25) is 0 Å². The molecule has 0 saturated heterocycles. The summed E-state index contributed by atoms with van der Waals surface area (Å²) in [5, 5.41) is 0. The van der Waals surface area contributed by atoms with Gasteiger partial charge in [0, 0.05) is 31.5 Å². The van der Waals surface area contributed by atoms with Gasteiger partial charge in [0.25, 0.3) is 0 Å². The van der Waals surface area contributed by atoms with Crippen molar-refractivity contribution in [2.45, 2.75) is 37.6 Å². The van der Waals surface area contributed by atoms with E-state index in [2.05, 4.69) is 4.72 Å². The van der Waals surface area contributed by atoms with Gasteiger partial charge in [-0.2, -0.15) is 0 Å². The number of rotatable bonds is 6. The maximum atomic E-state index is 12.2. The molecule has 0 aliphatic carbocycles. The van der Waals surface area contributed by atoms with Crippen LogP contribution in [0.5, 0.6) is 0 Å². The highest BCUT2D eigenvalue weighted by Gasteiger charge is 2.30. The topological polar surface area (TPSA) is 77.1 Å². The second-order valence-corrected chi connectivity index (χ2v) is 7.16. The molecule has 1 atom stereocenters. The molecule has 0 saturated carbocycles. The molecule has 1 aromatic rings. The number of sulfonamides is 1. The third-order valence-electron chi connectivity index (χ3n) is 2.81. The molecule has 1 rings (SSSR count). The van der Waals surface area contributed by atoms with Gasteiger partial charge in [0.15, 0.2) is 0 Å². The van der Waals surface area contributed by atoms with E-state index in [1.54, 1.807) is 30.1 Å². The summed E-state index contributed by atoms with van der Waals surface area (Å²) >= 11 is 0. The first kappa shape index (κ1) is 15.2. The zero-order valence-electron chi connectivity index (χ0n) is 11.5. The molecule has 0 aliphatic heterocycles. The Hall–Kier alpha value is -0.850. The highest BCUT2D eigenvalue weighted by atomic mass is 32.2.